The lowest BCUT2D eigenvalue weighted by atomic mass is 9.43. The van der Waals surface area contributed by atoms with Crippen LogP contribution in [0.15, 0.2) is 11.6 Å². The highest BCUT2D eigenvalue weighted by Crippen LogP contribution is 2.79. The molecule has 4 fully saturated rings. The van der Waals surface area contributed by atoms with Crippen molar-refractivity contribution in [1.29, 1.82) is 0 Å². The number of halogens is 2. The fourth-order valence-corrected chi connectivity index (χ4v) is 9.43. The second-order valence-electron chi connectivity index (χ2n) is 11.6. The van der Waals surface area contributed by atoms with Gasteiger partial charge in [0.2, 0.25) is 0 Å². The summed E-state index contributed by atoms with van der Waals surface area (Å²) in [5, 5.41) is 19.8. The zero-order chi connectivity index (χ0) is 24.1. The van der Waals surface area contributed by atoms with Gasteiger partial charge in [0.1, 0.15) is 17.9 Å². The number of rotatable bonds is 5. The van der Waals surface area contributed by atoms with Crippen LogP contribution in [0.2, 0.25) is 0 Å². The summed E-state index contributed by atoms with van der Waals surface area (Å²) in [6.45, 7) is 5.97. The van der Waals surface area contributed by atoms with Gasteiger partial charge in [-0.2, -0.15) is 0 Å². The van der Waals surface area contributed by atoms with Crippen molar-refractivity contribution in [3.05, 3.63) is 11.6 Å². The summed E-state index contributed by atoms with van der Waals surface area (Å²) in [7, 11) is 0. The number of aliphatic hydroxyl groups excluding tert-OH is 1. The van der Waals surface area contributed by atoms with E-state index in [1.54, 1.807) is 0 Å². The van der Waals surface area contributed by atoms with Gasteiger partial charge in [-0.05, 0) is 66.9 Å². The van der Waals surface area contributed by atoms with Crippen LogP contribution >= 0.6 is 11.6 Å². The molecular formula is C25H32ClFO6. The molecule has 5 aliphatic rings. The lowest BCUT2D eigenvalue weighted by Gasteiger charge is -2.58. The number of fused-ring (bicyclic) bond motifs is 3. The summed E-state index contributed by atoms with van der Waals surface area (Å²) in [4.78, 5) is 37.1. The number of Topliss-reactive ketones (excluding diaryl/α,β-unsaturated/α-hetero) is 1. The van der Waals surface area contributed by atoms with Gasteiger partial charge < -0.3 is 14.9 Å². The number of aliphatic hydroxyl groups is 1. The molecule has 0 aromatic rings. The van der Waals surface area contributed by atoms with Crippen LogP contribution in [0.25, 0.3) is 0 Å². The highest BCUT2D eigenvalue weighted by Gasteiger charge is 2.83. The van der Waals surface area contributed by atoms with Crippen LogP contribution < -0.4 is 0 Å². The summed E-state index contributed by atoms with van der Waals surface area (Å²) in [5.74, 6) is -2.03. The first kappa shape index (κ1) is 23.4. The number of hydrogen-bond donors (Lipinski definition) is 2. The van der Waals surface area contributed by atoms with Crippen LogP contribution in [-0.4, -0.2) is 57.6 Å². The van der Waals surface area contributed by atoms with Gasteiger partial charge in [0, 0.05) is 17.3 Å². The molecule has 182 valence electrons. The van der Waals surface area contributed by atoms with Crippen molar-refractivity contribution in [3.8, 4) is 0 Å². The first-order chi connectivity index (χ1) is 15.4. The molecule has 0 aromatic heterocycles. The molecule has 3 saturated carbocycles. The van der Waals surface area contributed by atoms with E-state index in [4.69, 9.17) is 16.3 Å². The molecule has 8 heteroatoms. The Kier molecular flexibility index (Phi) is 5.05. The average Bonchev–Trinajstić information content (AvgIpc) is 3.41. The predicted molar refractivity (Wildman–Crippen MR) is 117 cm³/mol. The van der Waals surface area contributed by atoms with Crippen molar-refractivity contribution in [1.82, 2.24) is 0 Å². The van der Waals surface area contributed by atoms with E-state index in [1.165, 1.54) is 6.08 Å². The number of ketones is 2. The SMILES string of the molecule is C[C@H]1C[C@H]2[C@@H]3C[C@H](F)C4=CC(=O)C(O)C[C@]4(C)[C@@]34O[C@H]4C[C@]2(C)[C@@]1(CCC(=O)O)C(=O)CCl. The number of carboxylic acid groups (broad SMARTS) is 1. The Hall–Kier alpha value is -1.31. The van der Waals surface area contributed by atoms with E-state index in [1.807, 2.05) is 13.8 Å². The second kappa shape index (κ2) is 7.11. The molecule has 6 nitrogen and oxygen atoms in total. The van der Waals surface area contributed by atoms with Gasteiger partial charge in [0.25, 0.3) is 0 Å². The molecule has 0 aromatic carbocycles. The van der Waals surface area contributed by atoms with Crippen molar-refractivity contribution in [2.75, 3.05) is 5.88 Å². The number of aliphatic carboxylic acids is 1. The molecule has 2 N–H and O–H groups in total. The first-order valence-corrected chi connectivity index (χ1v) is 12.5. The summed E-state index contributed by atoms with van der Waals surface area (Å²) in [6, 6.07) is 0. The number of epoxide rings is 1. The van der Waals surface area contributed by atoms with E-state index in [-0.39, 0.29) is 61.2 Å². The molecule has 5 rings (SSSR count). The van der Waals surface area contributed by atoms with Crippen LogP contribution in [-0.2, 0) is 19.1 Å². The van der Waals surface area contributed by atoms with E-state index in [2.05, 4.69) is 6.92 Å². The Bertz CT molecular complexity index is 967. The van der Waals surface area contributed by atoms with Crippen LogP contribution in [0.5, 0.6) is 0 Å². The summed E-state index contributed by atoms with van der Waals surface area (Å²) >= 11 is 6.09. The molecule has 33 heavy (non-hydrogen) atoms. The van der Waals surface area contributed by atoms with Crippen molar-refractivity contribution in [2.24, 2.45) is 34.0 Å². The Labute approximate surface area is 197 Å². The van der Waals surface area contributed by atoms with Crippen molar-refractivity contribution < 1.29 is 33.7 Å². The molecule has 1 spiro atoms. The predicted octanol–water partition coefficient (Wildman–Crippen LogP) is 3.47. The molecule has 10 atom stereocenters. The van der Waals surface area contributed by atoms with Gasteiger partial charge in [-0.1, -0.05) is 20.8 Å². The third kappa shape index (κ3) is 2.65. The Morgan fingerprint density at radius 2 is 1.94 bits per heavy atom. The third-order valence-corrected chi connectivity index (χ3v) is 10.8. The van der Waals surface area contributed by atoms with Crippen LogP contribution in [0, 0.1) is 34.0 Å². The fraction of sp³-hybridized carbons (Fsp3) is 0.800. The molecule has 1 unspecified atom stereocenters. The van der Waals surface area contributed by atoms with E-state index < -0.39 is 45.9 Å². The number of carboxylic acids is 1. The van der Waals surface area contributed by atoms with Crippen LogP contribution in [0.1, 0.15) is 59.3 Å². The fourth-order valence-electron chi connectivity index (χ4n) is 9.19. The Morgan fingerprint density at radius 3 is 2.58 bits per heavy atom. The zero-order valence-corrected chi connectivity index (χ0v) is 20.0. The number of alkyl halides is 2. The summed E-state index contributed by atoms with van der Waals surface area (Å²) in [5.41, 5.74) is -2.49. The van der Waals surface area contributed by atoms with Crippen molar-refractivity contribution in [3.63, 3.8) is 0 Å². The smallest absolute Gasteiger partial charge is 0.303 e. The molecule has 0 amide bonds. The van der Waals surface area contributed by atoms with E-state index in [9.17, 15) is 24.6 Å². The Balaban J connectivity index is 1.60. The van der Waals surface area contributed by atoms with Crippen LogP contribution in [0.4, 0.5) is 4.39 Å². The van der Waals surface area contributed by atoms with Gasteiger partial charge in [0.05, 0.1) is 12.0 Å². The van der Waals surface area contributed by atoms with E-state index in [0.717, 1.165) is 0 Å². The number of hydrogen-bond acceptors (Lipinski definition) is 5. The Morgan fingerprint density at radius 1 is 1.24 bits per heavy atom. The maximum atomic E-state index is 15.7. The van der Waals surface area contributed by atoms with Gasteiger partial charge in [-0.15, -0.1) is 11.6 Å². The lowest BCUT2D eigenvalue weighted by Crippen LogP contribution is -2.62. The minimum absolute atomic E-state index is 0.0430. The largest absolute Gasteiger partial charge is 0.481 e. The van der Waals surface area contributed by atoms with Crippen molar-refractivity contribution in [2.45, 2.75) is 83.3 Å². The van der Waals surface area contributed by atoms with Gasteiger partial charge in [-0.3, -0.25) is 14.4 Å². The topological polar surface area (TPSA) is 104 Å². The minimum atomic E-state index is -1.32. The van der Waals surface area contributed by atoms with E-state index >= 15 is 4.39 Å². The van der Waals surface area contributed by atoms with E-state index in [0.29, 0.717) is 18.4 Å². The normalized spacial score (nSPS) is 52.2. The number of carbonyl (C=O) groups excluding carboxylic acids is 2. The van der Waals surface area contributed by atoms with Gasteiger partial charge in [-0.25, -0.2) is 4.39 Å². The van der Waals surface area contributed by atoms with Gasteiger partial charge >= 0.3 is 5.97 Å². The third-order valence-electron chi connectivity index (χ3n) is 10.6. The minimum Gasteiger partial charge on any atom is -0.481 e. The second-order valence-corrected chi connectivity index (χ2v) is 11.8. The number of carbonyl (C=O) groups is 3. The summed E-state index contributed by atoms with van der Waals surface area (Å²) < 4.78 is 22.1. The highest BCUT2D eigenvalue weighted by molar-refractivity contribution is 6.28. The first-order valence-electron chi connectivity index (χ1n) is 12.0. The maximum Gasteiger partial charge on any atom is 0.303 e. The lowest BCUT2D eigenvalue weighted by molar-refractivity contribution is -0.147. The molecular weight excluding hydrogens is 451 g/mol. The highest BCUT2D eigenvalue weighted by atomic mass is 35.5. The quantitative estimate of drug-likeness (QED) is 0.459. The zero-order valence-electron chi connectivity index (χ0n) is 19.3. The molecule has 1 heterocycles. The monoisotopic (exact) mass is 482 g/mol. The maximum absolute atomic E-state index is 15.7. The summed E-state index contributed by atoms with van der Waals surface area (Å²) in [6.07, 6.45) is 0.228. The average molecular weight is 483 g/mol. The number of ether oxygens (including phenoxy) is 1. The molecule has 1 aliphatic heterocycles. The van der Waals surface area contributed by atoms with Gasteiger partial charge in [0.15, 0.2) is 11.6 Å². The van der Waals surface area contributed by atoms with Crippen molar-refractivity contribution >= 4 is 29.1 Å². The standard InChI is InChI=1S/C25H32ClFO6/c1-12-6-13-14-7-16(27)15-8-17(28)18(29)9-23(15,3)25(14)20(33-25)10-22(13,2)24(12,19(30)11-26)5-4-21(31)32/h8,12-14,16,18,20,29H,4-7,9-11H2,1-3H3,(H,31,32)/t12-,13-,14-,16-,18?,20-,22-,23-,24+,25+/m0/s1. The van der Waals surface area contributed by atoms with Crippen LogP contribution in [0.3, 0.4) is 0 Å². The molecule has 0 radical (unpaired) electrons. The molecule has 4 aliphatic carbocycles. The molecule has 0 bridgehead atoms. The molecule has 1 saturated heterocycles.